The fourth-order valence-corrected chi connectivity index (χ4v) is 2.59. The van der Waals surface area contributed by atoms with Gasteiger partial charge in [-0.15, -0.1) is 0 Å². The molecule has 0 spiro atoms. The third kappa shape index (κ3) is 5.93. The molecule has 2 aromatic carbocycles. The van der Waals surface area contributed by atoms with Crippen molar-refractivity contribution >= 4 is 35.0 Å². The maximum atomic E-state index is 11.8. The summed E-state index contributed by atoms with van der Waals surface area (Å²) in [5.41, 5.74) is 1.46. The normalized spacial score (nSPS) is 10.2. The van der Waals surface area contributed by atoms with Crippen LogP contribution in [-0.4, -0.2) is 24.9 Å². The molecule has 2 aromatic rings. The molecule has 0 aliphatic heterocycles. The molecular weight excluding hydrogens is 335 g/mol. The minimum absolute atomic E-state index is 0.0654. The number of carbonyl (C=O) groups is 2. The first-order valence-electron chi connectivity index (χ1n) is 7.09. The minimum atomic E-state index is -0.276. The lowest BCUT2D eigenvalue weighted by molar-refractivity contribution is -0.120. The van der Waals surface area contributed by atoms with E-state index in [2.05, 4.69) is 10.6 Å². The first-order chi connectivity index (χ1) is 11.0. The summed E-state index contributed by atoms with van der Waals surface area (Å²) in [5, 5.41) is 6.44. The molecule has 4 nitrogen and oxygen atoms in total. The van der Waals surface area contributed by atoms with E-state index in [0.717, 1.165) is 5.56 Å². The predicted octanol–water partition coefficient (Wildman–Crippen LogP) is 3.08. The third-order valence-electron chi connectivity index (χ3n) is 3.10. The standard InChI is InChI=1S/C17H16Cl2N2O2/c18-14-8-12(9-15(19)10-14)6-7-20-16(22)11-21-17(23)13-4-2-1-3-5-13/h1-5,8-10H,6-7,11H2,(H,20,22)(H,21,23). The highest BCUT2D eigenvalue weighted by molar-refractivity contribution is 6.34. The van der Waals surface area contributed by atoms with Crippen molar-refractivity contribution in [2.45, 2.75) is 6.42 Å². The van der Waals surface area contributed by atoms with Crippen molar-refractivity contribution in [3.8, 4) is 0 Å². The van der Waals surface area contributed by atoms with E-state index in [0.29, 0.717) is 28.6 Å². The van der Waals surface area contributed by atoms with Crippen LogP contribution in [0.2, 0.25) is 10.0 Å². The summed E-state index contributed by atoms with van der Waals surface area (Å²) < 4.78 is 0. The van der Waals surface area contributed by atoms with Crippen molar-refractivity contribution in [2.75, 3.05) is 13.1 Å². The van der Waals surface area contributed by atoms with Crippen molar-refractivity contribution < 1.29 is 9.59 Å². The second-order valence-electron chi connectivity index (χ2n) is 4.93. The van der Waals surface area contributed by atoms with Gasteiger partial charge in [-0.25, -0.2) is 0 Å². The minimum Gasteiger partial charge on any atom is -0.354 e. The Kier molecular flexibility index (Phi) is 6.44. The maximum absolute atomic E-state index is 11.8. The number of carbonyl (C=O) groups excluding carboxylic acids is 2. The van der Waals surface area contributed by atoms with Crippen LogP contribution in [0, 0.1) is 0 Å². The number of halogens is 2. The van der Waals surface area contributed by atoms with Crippen LogP contribution < -0.4 is 10.6 Å². The van der Waals surface area contributed by atoms with E-state index in [9.17, 15) is 9.59 Å². The highest BCUT2D eigenvalue weighted by Crippen LogP contribution is 2.19. The van der Waals surface area contributed by atoms with Gasteiger partial charge in [-0.05, 0) is 42.3 Å². The molecule has 6 heteroatoms. The number of amides is 2. The van der Waals surface area contributed by atoms with Crippen molar-refractivity contribution in [3.63, 3.8) is 0 Å². The van der Waals surface area contributed by atoms with Gasteiger partial charge in [-0.3, -0.25) is 9.59 Å². The lowest BCUT2D eigenvalue weighted by atomic mass is 10.1. The summed E-state index contributed by atoms with van der Waals surface area (Å²) >= 11 is 11.8. The van der Waals surface area contributed by atoms with Gasteiger partial charge in [0.2, 0.25) is 5.91 Å². The molecule has 0 atom stereocenters. The lowest BCUT2D eigenvalue weighted by Crippen LogP contribution is -2.37. The Hall–Kier alpha value is -2.04. The Morgan fingerprint density at radius 1 is 0.913 bits per heavy atom. The van der Waals surface area contributed by atoms with Gasteiger partial charge >= 0.3 is 0 Å². The number of rotatable bonds is 6. The first kappa shape index (κ1) is 17.3. The fourth-order valence-electron chi connectivity index (χ4n) is 2.02. The highest BCUT2D eigenvalue weighted by Gasteiger charge is 2.07. The molecule has 0 radical (unpaired) electrons. The van der Waals surface area contributed by atoms with Gasteiger partial charge in [0.05, 0.1) is 6.54 Å². The number of nitrogens with one attached hydrogen (secondary N) is 2. The molecule has 120 valence electrons. The summed E-state index contributed by atoms with van der Waals surface area (Å²) in [6.45, 7) is 0.376. The molecule has 0 aliphatic carbocycles. The van der Waals surface area contributed by atoms with E-state index in [1.807, 2.05) is 6.07 Å². The van der Waals surface area contributed by atoms with Gasteiger partial charge in [0.25, 0.3) is 5.91 Å². The second-order valence-corrected chi connectivity index (χ2v) is 5.80. The van der Waals surface area contributed by atoms with Gasteiger partial charge in [0.15, 0.2) is 0 Å². The number of hydrogen-bond donors (Lipinski definition) is 2. The summed E-state index contributed by atoms with van der Waals surface area (Å²) in [6, 6.07) is 14.0. The Morgan fingerprint density at radius 3 is 2.22 bits per heavy atom. The van der Waals surface area contributed by atoms with Crippen LogP contribution in [0.15, 0.2) is 48.5 Å². The molecule has 2 rings (SSSR count). The third-order valence-corrected chi connectivity index (χ3v) is 3.54. The van der Waals surface area contributed by atoms with E-state index < -0.39 is 0 Å². The maximum Gasteiger partial charge on any atom is 0.251 e. The van der Waals surface area contributed by atoms with Gasteiger partial charge in [0, 0.05) is 22.2 Å². The van der Waals surface area contributed by atoms with E-state index >= 15 is 0 Å². The predicted molar refractivity (Wildman–Crippen MR) is 92.0 cm³/mol. The second kappa shape index (κ2) is 8.56. The van der Waals surface area contributed by atoms with E-state index in [-0.39, 0.29) is 18.4 Å². The largest absolute Gasteiger partial charge is 0.354 e. The van der Waals surface area contributed by atoms with Gasteiger partial charge in [-0.2, -0.15) is 0 Å². The van der Waals surface area contributed by atoms with Crippen LogP contribution in [-0.2, 0) is 11.2 Å². The molecule has 0 heterocycles. The van der Waals surface area contributed by atoms with Crippen LogP contribution in [0.4, 0.5) is 0 Å². The van der Waals surface area contributed by atoms with Crippen LogP contribution in [0.1, 0.15) is 15.9 Å². The Labute approximate surface area is 144 Å². The topological polar surface area (TPSA) is 58.2 Å². The lowest BCUT2D eigenvalue weighted by Gasteiger charge is -2.08. The molecule has 0 saturated carbocycles. The summed E-state index contributed by atoms with van der Waals surface area (Å²) in [5.74, 6) is -0.523. The van der Waals surface area contributed by atoms with Gasteiger partial charge < -0.3 is 10.6 Å². The van der Waals surface area contributed by atoms with Crippen LogP contribution >= 0.6 is 23.2 Å². The van der Waals surface area contributed by atoms with Gasteiger partial charge in [-0.1, -0.05) is 41.4 Å². The molecule has 2 N–H and O–H groups in total. The van der Waals surface area contributed by atoms with Crippen LogP contribution in [0.25, 0.3) is 0 Å². The van der Waals surface area contributed by atoms with E-state index in [4.69, 9.17) is 23.2 Å². The monoisotopic (exact) mass is 350 g/mol. The highest BCUT2D eigenvalue weighted by atomic mass is 35.5. The zero-order valence-corrected chi connectivity index (χ0v) is 13.8. The summed E-state index contributed by atoms with van der Waals surface area (Å²) in [6.07, 6.45) is 0.610. The zero-order chi connectivity index (χ0) is 16.7. The van der Waals surface area contributed by atoms with Gasteiger partial charge in [0.1, 0.15) is 0 Å². The zero-order valence-electron chi connectivity index (χ0n) is 12.3. The summed E-state index contributed by atoms with van der Waals surface area (Å²) in [7, 11) is 0. The Bertz CT molecular complexity index is 670. The average Bonchev–Trinajstić information content (AvgIpc) is 2.52. The smallest absolute Gasteiger partial charge is 0.251 e. The number of hydrogen-bond acceptors (Lipinski definition) is 2. The fraction of sp³-hybridized carbons (Fsp3) is 0.176. The van der Waals surface area contributed by atoms with Crippen LogP contribution in [0.5, 0.6) is 0 Å². The SMILES string of the molecule is O=C(CNC(=O)c1ccccc1)NCCc1cc(Cl)cc(Cl)c1. The molecule has 0 bridgehead atoms. The van der Waals surface area contributed by atoms with E-state index in [1.165, 1.54) is 0 Å². The van der Waals surface area contributed by atoms with Crippen molar-refractivity contribution in [1.82, 2.24) is 10.6 Å². The Morgan fingerprint density at radius 2 is 1.57 bits per heavy atom. The molecule has 0 aliphatic rings. The van der Waals surface area contributed by atoms with Crippen molar-refractivity contribution in [2.24, 2.45) is 0 Å². The first-order valence-corrected chi connectivity index (χ1v) is 7.85. The van der Waals surface area contributed by atoms with Crippen molar-refractivity contribution in [3.05, 3.63) is 69.7 Å². The molecular formula is C17H16Cl2N2O2. The number of benzene rings is 2. The summed E-state index contributed by atoms with van der Waals surface area (Å²) in [4.78, 5) is 23.5. The molecule has 0 unspecified atom stereocenters. The molecule has 0 saturated heterocycles. The molecule has 23 heavy (non-hydrogen) atoms. The van der Waals surface area contributed by atoms with Crippen LogP contribution in [0.3, 0.4) is 0 Å². The molecule has 0 aromatic heterocycles. The van der Waals surface area contributed by atoms with Crippen molar-refractivity contribution in [1.29, 1.82) is 0 Å². The average molecular weight is 351 g/mol. The molecule has 0 fully saturated rings. The Balaban J connectivity index is 1.72. The molecule has 2 amide bonds. The quantitative estimate of drug-likeness (QED) is 0.840. The van der Waals surface area contributed by atoms with E-state index in [1.54, 1.807) is 42.5 Å².